The maximum Gasteiger partial charge on any atom is 0.0781 e. The van der Waals surface area contributed by atoms with Crippen molar-refractivity contribution in [2.24, 2.45) is 0 Å². The van der Waals surface area contributed by atoms with Crippen LogP contribution < -0.4 is 5.32 Å². The molecule has 3 heteroatoms. The summed E-state index contributed by atoms with van der Waals surface area (Å²) in [4.78, 5) is 2.56. The van der Waals surface area contributed by atoms with Gasteiger partial charge >= 0.3 is 0 Å². The number of piperazine rings is 1. The van der Waals surface area contributed by atoms with Crippen molar-refractivity contribution < 1.29 is 4.74 Å². The molecular formula is C17H26N2O. The second kappa shape index (κ2) is 5.47. The zero-order valence-electron chi connectivity index (χ0n) is 12.7. The third-order valence-corrected chi connectivity index (χ3v) is 4.75. The van der Waals surface area contributed by atoms with Gasteiger partial charge in [0.2, 0.25) is 0 Å². The molecule has 3 rings (SSSR count). The van der Waals surface area contributed by atoms with Crippen LogP contribution in [0.1, 0.15) is 32.3 Å². The van der Waals surface area contributed by atoms with Gasteiger partial charge in [0.25, 0.3) is 0 Å². The zero-order valence-corrected chi connectivity index (χ0v) is 12.7. The molecule has 20 heavy (non-hydrogen) atoms. The minimum absolute atomic E-state index is 0.0501. The summed E-state index contributed by atoms with van der Waals surface area (Å²) in [6.07, 6.45) is 2.40. The molecule has 2 unspecified atom stereocenters. The standard InChI is InChI=1S/C17H26N2O/c1-16(9-6-12-20-16)13-19-11-10-18-17(2,14-19)15-7-4-3-5-8-15/h3-5,7-8,18H,6,9-14H2,1-2H3. The van der Waals surface area contributed by atoms with Crippen LogP contribution in [0.5, 0.6) is 0 Å². The first-order valence-corrected chi connectivity index (χ1v) is 7.77. The third kappa shape index (κ3) is 2.90. The van der Waals surface area contributed by atoms with Crippen molar-refractivity contribution in [3.05, 3.63) is 35.9 Å². The van der Waals surface area contributed by atoms with E-state index in [1.54, 1.807) is 0 Å². The van der Waals surface area contributed by atoms with Gasteiger partial charge in [-0.2, -0.15) is 0 Å². The molecule has 0 spiro atoms. The molecule has 1 N–H and O–H groups in total. The summed E-state index contributed by atoms with van der Waals surface area (Å²) < 4.78 is 5.95. The van der Waals surface area contributed by atoms with E-state index in [0.29, 0.717) is 0 Å². The molecule has 1 aromatic rings. The van der Waals surface area contributed by atoms with Crippen LogP contribution in [0.25, 0.3) is 0 Å². The average molecular weight is 274 g/mol. The summed E-state index contributed by atoms with van der Waals surface area (Å²) in [6, 6.07) is 10.8. The minimum atomic E-state index is 0.0501. The summed E-state index contributed by atoms with van der Waals surface area (Å²) in [5.74, 6) is 0. The third-order valence-electron chi connectivity index (χ3n) is 4.75. The molecule has 2 heterocycles. The first kappa shape index (κ1) is 14.1. The van der Waals surface area contributed by atoms with E-state index in [1.807, 2.05) is 0 Å². The predicted molar refractivity (Wildman–Crippen MR) is 81.8 cm³/mol. The number of rotatable bonds is 3. The van der Waals surface area contributed by atoms with Crippen molar-refractivity contribution in [2.45, 2.75) is 37.8 Å². The first-order valence-electron chi connectivity index (χ1n) is 7.77. The lowest BCUT2D eigenvalue weighted by Crippen LogP contribution is -2.58. The van der Waals surface area contributed by atoms with E-state index < -0.39 is 0 Å². The highest BCUT2D eigenvalue weighted by Crippen LogP contribution is 2.29. The van der Waals surface area contributed by atoms with E-state index in [4.69, 9.17) is 4.74 Å². The molecule has 0 amide bonds. The number of benzene rings is 1. The van der Waals surface area contributed by atoms with E-state index in [0.717, 1.165) is 32.8 Å². The Kier molecular flexibility index (Phi) is 3.85. The minimum Gasteiger partial charge on any atom is -0.374 e. The molecule has 2 atom stereocenters. The van der Waals surface area contributed by atoms with Crippen LogP contribution in [0.4, 0.5) is 0 Å². The first-order chi connectivity index (χ1) is 9.60. The molecule has 2 fully saturated rings. The van der Waals surface area contributed by atoms with E-state index in [2.05, 4.69) is 54.4 Å². The number of nitrogens with one attached hydrogen (secondary N) is 1. The molecule has 0 aliphatic carbocycles. The Balaban J connectivity index is 1.70. The Morgan fingerprint density at radius 1 is 1.25 bits per heavy atom. The number of nitrogens with zero attached hydrogens (tertiary/aromatic N) is 1. The summed E-state index contributed by atoms with van der Waals surface area (Å²) >= 11 is 0. The molecule has 2 aliphatic rings. The number of hydrogen-bond donors (Lipinski definition) is 1. The zero-order chi connectivity index (χ0) is 14.1. The van der Waals surface area contributed by atoms with Crippen molar-refractivity contribution in [3.8, 4) is 0 Å². The Hall–Kier alpha value is -0.900. The van der Waals surface area contributed by atoms with E-state index in [1.165, 1.54) is 18.4 Å². The monoisotopic (exact) mass is 274 g/mol. The lowest BCUT2D eigenvalue weighted by molar-refractivity contribution is -0.0205. The fourth-order valence-corrected chi connectivity index (χ4v) is 3.64. The van der Waals surface area contributed by atoms with Crippen LogP contribution in [0.2, 0.25) is 0 Å². The van der Waals surface area contributed by atoms with Crippen LogP contribution in [-0.4, -0.2) is 43.3 Å². The molecule has 1 aromatic carbocycles. The lowest BCUT2D eigenvalue weighted by atomic mass is 9.89. The van der Waals surface area contributed by atoms with E-state index in [-0.39, 0.29) is 11.1 Å². The topological polar surface area (TPSA) is 24.5 Å². The smallest absolute Gasteiger partial charge is 0.0781 e. The van der Waals surface area contributed by atoms with Crippen LogP contribution in [0.3, 0.4) is 0 Å². The highest BCUT2D eigenvalue weighted by Gasteiger charge is 2.37. The molecule has 0 saturated carbocycles. The fraction of sp³-hybridized carbons (Fsp3) is 0.647. The number of ether oxygens (including phenoxy) is 1. The molecular weight excluding hydrogens is 248 g/mol. The second-order valence-electron chi connectivity index (χ2n) is 6.74. The van der Waals surface area contributed by atoms with Gasteiger partial charge in [0.05, 0.1) is 11.1 Å². The lowest BCUT2D eigenvalue weighted by Gasteiger charge is -2.44. The summed E-state index contributed by atoms with van der Waals surface area (Å²) in [6.45, 7) is 9.77. The Bertz CT molecular complexity index is 442. The highest BCUT2D eigenvalue weighted by molar-refractivity contribution is 5.25. The van der Waals surface area contributed by atoms with Gasteiger partial charge in [-0.1, -0.05) is 30.3 Å². The quantitative estimate of drug-likeness (QED) is 0.916. The van der Waals surface area contributed by atoms with Gasteiger partial charge in [0.1, 0.15) is 0 Å². The van der Waals surface area contributed by atoms with Crippen molar-refractivity contribution in [1.29, 1.82) is 0 Å². The summed E-state index contributed by atoms with van der Waals surface area (Å²) in [7, 11) is 0. The summed E-state index contributed by atoms with van der Waals surface area (Å²) in [5, 5.41) is 3.70. The van der Waals surface area contributed by atoms with E-state index >= 15 is 0 Å². The Morgan fingerprint density at radius 2 is 2.05 bits per heavy atom. The van der Waals surface area contributed by atoms with Crippen molar-refractivity contribution >= 4 is 0 Å². The van der Waals surface area contributed by atoms with Gasteiger partial charge in [-0.25, -0.2) is 0 Å². The molecule has 110 valence electrons. The molecule has 0 bridgehead atoms. The van der Waals surface area contributed by atoms with Crippen molar-refractivity contribution in [2.75, 3.05) is 32.8 Å². The second-order valence-corrected chi connectivity index (χ2v) is 6.74. The maximum absolute atomic E-state index is 5.95. The normalized spacial score (nSPS) is 35.3. The SMILES string of the molecule is CC1(CN2CCNC(C)(c3ccccc3)C2)CCCO1. The van der Waals surface area contributed by atoms with Crippen LogP contribution in [-0.2, 0) is 10.3 Å². The Labute approximate surface area is 122 Å². The van der Waals surface area contributed by atoms with Gasteiger partial charge < -0.3 is 10.1 Å². The Morgan fingerprint density at radius 3 is 2.75 bits per heavy atom. The van der Waals surface area contributed by atoms with E-state index in [9.17, 15) is 0 Å². The van der Waals surface area contributed by atoms with Crippen molar-refractivity contribution in [1.82, 2.24) is 10.2 Å². The highest BCUT2D eigenvalue weighted by atomic mass is 16.5. The fourth-order valence-electron chi connectivity index (χ4n) is 3.64. The van der Waals surface area contributed by atoms with Crippen LogP contribution in [0.15, 0.2) is 30.3 Å². The molecule has 2 aliphatic heterocycles. The van der Waals surface area contributed by atoms with Crippen LogP contribution >= 0.6 is 0 Å². The molecule has 2 saturated heterocycles. The van der Waals surface area contributed by atoms with Crippen molar-refractivity contribution in [3.63, 3.8) is 0 Å². The summed E-state index contributed by atoms with van der Waals surface area (Å²) in [5.41, 5.74) is 1.49. The average Bonchev–Trinajstić information content (AvgIpc) is 2.86. The maximum atomic E-state index is 5.95. The van der Waals surface area contributed by atoms with Crippen LogP contribution in [0, 0.1) is 0 Å². The van der Waals surface area contributed by atoms with Gasteiger partial charge in [-0.15, -0.1) is 0 Å². The number of hydrogen-bond acceptors (Lipinski definition) is 3. The van der Waals surface area contributed by atoms with Gasteiger partial charge in [0.15, 0.2) is 0 Å². The molecule has 0 aromatic heterocycles. The predicted octanol–water partition coefficient (Wildman–Crippen LogP) is 2.38. The van der Waals surface area contributed by atoms with Gasteiger partial charge in [0, 0.05) is 32.8 Å². The molecule has 3 nitrogen and oxygen atoms in total. The largest absolute Gasteiger partial charge is 0.374 e. The molecule has 0 radical (unpaired) electrons. The van der Waals surface area contributed by atoms with Gasteiger partial charge in [-0.05, 0) is 32.3 Å². The van der Waals surface area contributed by atoms with Gasteiger partial charge in [-0.3, -0.25) is 4.90 Å².